The number of hydrogen-bond donors (Lipinski definition) is 3. The molecule has 3 N–H and O–H groups in total. The molecule has 0 saturated heterocycles. The van der Waals surface area contributed by atoms with E-state index < -0.39 is 12.1 Å². The Kier molecular flexibility index (Phi) is 48.1. The van der Waals surface area contributed by atoms with Gasteiger partial charge in [0, 0.05) is 12.8 Å². The molecule has 0 fully saturated rings. The average molecular weight is 844 g/mol. The molecule has 2 atom stereocenters. The van der Waals surface area contributed by atoms with Crippen molar-refractivity contribution in [3.8, 4) is 0 Å². The highest BCUT2D eigenvalue weighted by Gasteiger charge is 2.18. The fraction of sp³-hybridized carbons (Fsp3) is 0.852. The third kappa shape index (κ3) is 45.6. The minimum atomic E-state index is -0.854. The van der Waals surface area contributed by atoms with Crippen LogP contribution in [0.2, 0.25) is 0 Å². The van der Waals surface area contributed by atoms with Gasteiger partial charge in [-0.05, 0) is 83.5 Å². The lowest BCUT2D eigenvalue weighted by Gasteiger charge is -2.20. The van der Waals surface area contributed by atoms with Gasteiger partial charge in [0.05, 0.1) is 25.4 Å². The third-order valence-corrected chi connectivity index (χ3v) is 11.9. The van der Waals surface area contributed by atoms with Gasteiger partial charge in [-0.15, -0.1) is 0 Å². The lowest BCUT2D eigenvalue weighted by atomic mass is 10.0. The van der Waals surface area contributed by atoms with Crippen LogP contribution in [0.25, 0.3) is 0 Å². The molecule has 0 spiro atoms. The molecule has 0 aromatic carbocycles. The summed E-state index contributed by atoms with van der Waals surface area (Å²) in [6.45, 7) is 4.84. The Morgan fingerprint density at radius 1 is 0.450 bits per heavy atom. The second-order valence-electron chi connectivity index (χ2n) is 17.8. The number of aliphatic hydroxyl groups excluding tert-OH is 2. The van der Waals surface area contributed by atoms with Crippen LogP contribution in [-0.2, 0) is 14.3 Å². The van der Waals surface area contributed by atoms with E-state index >= 15 is 0 Å². The van der Waals surface area contributed by atoms with E-state index in [0.717, 1.165) is 70.6 Å². The van der Waals surface area contributed by atoms with Crippen LogP contribution >= 0.6 is 0 Å². The molecule has 0 aliphatic heterocycles. The molecular weight excluding hydrogens is 743 g/mol. The molecular formula is C54H101NO5. The Hall–Kier alpha value is -1.92. The first-order valence-electron chi connectivity index (χ1n) is 26.3. The maximum Gasteiger partial charge on any atom is 0.305 e. The molecule has 0 rings (SSSR count). The smallest absolute Gasteiger partial charge is 0.305 e. The number of amides is 1. The molecule has 0 radical (unpaired) electrons. The number of hydrogen-bond acceptors (Lipinski definition) is 5. The monoisotopic (exact) mass is 844 g/mol. The quantitative estimate of drug-likeness (QED) is 0.0322. The number of unbranched alkanes of at least 4 members (excludes halogenated alkanes) is 33. The summed E-state index contributed by atoms with van der Waals surface area (Å²) in [5.74, 6) is -0.105. The molecule has 2 unspecified atom stereocenters. The zero-order chi connectivity index (χ0) is 43.7. The molecule has 352 valence electrons. The van der Waals surface area contributed by atoms with Crippen molar-refractivity contribution in [2.75, 3.05) is 13.2 Å². The maximum atomic E-state index is 12.4. The summed E-state index contributed by atoms with van der Waals surface area (Å²) in [7, 11) is 0. The van der Waals surface area contributed by atoms with Gasteiger partial charge in [0.2, 0.25) is 5.91 Å². The minimum Gasteiger partial charge on any atom is -0.466 e. The van der Waals surface area contributed by atoms with Crippen LogP contribution in [-0.4, -0.2) is 47.4 Å². The molecule has 0 aromatic rings. The predicted octanol–water partition coefficient (Wildman–Crippen LogP) is 15.7. The molecule has 0 heterocycles. The number of carbonyl (C=O) groups is 2. The lowest BCUT2D eigenvalue weighted by Crippen LogP contribution is -2.45. The van der Waals surface area contributed by atoms with Gasteiger partial charge in [-0.2, -0.15) is 0 Å². The Morgan fingerprint density at radius 2 is 0.783 bits per heavy atom. The molecule has 0 aromatic heterocycles. The summed E-state index contributed by atoms with van der Waals surface area (Å²) >= 11 is 0. The van der Waals surface area contributed by atoms with E-state index in [1.54, 1.807) is 6.08 Å². The number of esters is 1. The van der Waals surface area contributed by atoms with E-state index in [1.165, 1.54) is 173 Å². The molecule has 0 aliphatic carbocycles. The Bertz CT molecular complexity index is 977. The largest absolute Gasteiger partial charge is 0.466 e. The summed E-state index contributed by atoms with van der Waals surface area (Å²) in [6, 6.07) is -0.639. The van der Waals surface area contributed by atoms with Gasteiger partial charge in [-0.1, -0.05) is 211 Å². The van der Waals surface area contributed by atoms with Gasteiger partial charge in [0.1, 0.15) is 0 Å². The van der Waals surface area contributed by atoms with E-state index in [4.69, 9.17) is 4.74 Å². The van der Waals surface area contributed by atoms with Crippen molar-refractivity contribution in [3.63, 3.8) is 0 Å². The molecule has 60 heavy (non-hydrogen) atoms. The fourth-order valence-electron chi connectivity index (χ4n) is 7.80. The summed E-state index contributed by atoms with van der Waals surface area (Å²) in [4.78, 5) is 24.4. The summed E-state index contributed by atoms with van der Waals surface area (Å²) in [5, 5.41) is 23.1. The topological polar surface area (TPSA) is 95.9 Å². The van der Waals surface area contributed by atoms with Gasteiger partial charge >= 0.3 is 5.97 Å². The number of aliphatic hydroxyl groups is 2. The van der Waals surface area contributed by atoms with Crippen molar-refractivity contribution in [2.45, 2.75) is 283 Å². The van der Waals surface area contributed by atoms with Gasteiger partial charge in [-0.25, -0.2) is 0 Å². The summed E-state index contributed by atoms with van der Waals surface area (Å²) < 4.78 is 5.44. The van der Waals surface area contributed by atoms with E-state index in [0.29, 0.717) is 19.4 Å². The van der Waals surface area contributed by atoms with Crippen LogP contribution in [0.3, 0.4) is 0 Å². The summed E-state index contributed by atoms with van der Waals surface area (Å²) in [6.07, 6.45) is 60.0. The second-order valence-corrected chi connectivity index (χ2v) is 17.8. The molecule has 1 amide bonds. The van der Waals surface area contributed by atoms with E-state index in [2.05, 4.69) is 43.5 Å². The van der Waals surface area contributed by atoms with Crippen molar-refractivity contribution in [1.82, 2.24) is 5.32 Å². The number of allylic oxidation sites excluding steroid dienone is 5. The predicted molar refractivity (Wildman–Crippen MR) is 259 cm³/mol. The zero-order valence-corrected chi connectivity index (χ0v) is 39.9. The first-order chi connectivity index (χ1) is 29.5. The van der Waals surface area contributed by atoms with Crippen molar-refractivity contribution in [3.05, 3.63) is 36.5 Å². The van der Waals surface area contributed by atoms with Gasteiger partial charge in [0.15, 0.2) is 0 Å². The Balaban J connectivity index is 3.53. The van der Waals surface area contributed by atoms with Gasteiger partial charge in [0.25, 0.3) is 0 Å². The second kappa shape index (κ2) is 49.7. The van der Waals surface area contributed by atoms with E-state index in [1.807, 2.05) is 6.08 Å². The van der Waals surface area contributed by atoms with Gasteiger partial charge < -0.3 is 20.3 Å². The van der Waals surface area contributed by atoms with Gasteiger partial charge in [-0.3, -0.25) is 9.59 Å². The Morgan fingerprint density at radius 3 is 1.22 bits per heavy atom. The van der Waals surface area contributed by atoms with Crippen LogP contribution in [0.5, 0.6) is 0 Å². The number of ether oxygens (including phenoxy) is 1. The van der Waals surface area contributed by atoms with Crippen LogP contribution < -0.4 is 5.32 Å². The Labute approximate surface area is 373 Å². The van der Waals surface area contributed by atoms with Crippen LogP contribution in [0.4, 0.5) is 0 Å². The molecule has 6 heteroatoms. The summed E-state index contributed by atoms with van der Waals surface area (Å²) in [5.41, 5.74) is 0. The normalized spacial score (nSPS) is 12.9. The average Bonchev–Trinajstić information content (AvgIpc) is 3.25. The van der Waals surface area contributed by atoms with Crippen molar-refractivity contribution in [2.24, 2.45) is 0 Å². The molecule has 0 saturated carbocycles. The van der Waals surface area contributed by atoms with Crippen LogP contribution in [0.15, 0.2) is 36.5 Å². The zero-order valence-electron chi connectivity index (χ0n) is 39.9. The SMILES string of the molecule is CCCCC/C=C\CCCCCCCC(=O)OCCCCCC/C=C\CCCCCCCCCC(=O)NC(CO)C(O)/C=C/CCCCCCCCCCCCCCCC. The van der Waals surface area contributed by atoms with Crippen molar-refractivity contribution < 1.29 is 24.5 Å². The van der Waals surface area contributed by atoms with E-state index in [9.17, 15) is 19.8 Å². The first kappa shape index (κ1) is 58.1. The van der Waals surface area contributed by atoms with Crippen molar-refractivity contribution >= 4 is 11.9 Å². The highest BCUT2D eigenvalue weighted by Crippen LogP contribution is 2.15. The van der Waals surface area contributed by atoms with Crippen LogP contribution in [0, 0.1) is 0 Å². The van der Waals surface area contributed by atoms with E-state index in [-0.39, 0.29) is 18.5 Å². The first-order valence-corrected chi connectivity index (χ1v) is 26.3. The molecule has 6 nitrogen and oxygen atoms in total. The highest BCUT2D eigenvalue weighted by molar-refractivity contribution is 5.76. The van der Waals surface area contributed by atoms with Crippen molar-refractivity contribution in [1.29, 1.82) is 0 Å². The van der Waals surface area contributed by atoms with Crippen LogP contribution in [0.1, 0.15) is 271 Å². The standard InChI is InChI=1S/C54H101NO5/c1-3-5-7-9-11-13-15-17-18-20-23-26-30-34-38-42-46-52(57)51(50-56)55-53(58)47-43-39-35-31-27-24-21-19-22-25-29-33-37-41-45-49-60-54(59)48-44-40-36-32-28-16-14-12-10-8-6-4-2/h12,14,22,25,42,46,51-52,56-57H,3-11,13,15-21,23-24,26-41,43-45,47-50H2,1-2H3,(H,55,58)/b14-12-,25-22-,46-42+. The maximum absolute atomic E-state index is 12.4. The number of carbonyl (C=O) groups excluding carboxylic acids is 2. The fourth-order valence-corrected chi connectivity index (χ4v) is 7.80. The molecule has 0 aliphatic rings. The minimum absolute atomic E-state index is 0.0218. The highest BCUT2D eigenvalue weighted by atomic mass is 16.5. The molecule has 0 bridgehead atoms. The lowest BCUT2D eigenvalue weighted by molar-refractivity contribution is -0.143. The third-order valence-electron chi connectivity index (χ3n) is 11.9. The number of rotatable bonds is 48. The number of nitrogens with one attached hydrogen (secondary N) is 1.